The molecule has 4 aromatic rings. The van der Waals surface area contributed by atoms with E-state index in [1.807, 2.05) is 66.7 Å². The average Bonchev–Trinajstić information content (AvgIpc) is 2.57. The van der Waals surface area contributed by atoms with E-state index in [2.05, 4.69) is 0 Å². The minimum absolute atomic E-state index is 0.120. The van der Waals surface area contributed by atoms with Crippen LogP contribution in [0.25, 0.3) is 32.9 Å². The number of hydrogen-bond acceptors (Lipinski definition) is 2. The fourth-order valence-corrected chi connectivity index (χ4v) is 3.07. The van der Waals surface area contributed by atoms with Crippen LogP contribution < -0.4 is 5.63 Å². The molecule has 0 saturated carbocycles. The SMILES string of the molecule is O=c1oc2ccc3ccccc3c2c(-c2ccccc2)c1Cl. The largest absolute Gasteiger partial charge is 0.422 e. The minimum Gasteiger partial charge on any atom is -0.422 e. The molecule has 0 aliphatic carbocycles. The number of fused-ring (bicyclic) bond motifs is 3. The van der Waals surface area contributed by atoms with Crippen molar-refractivity contribution >= 4 is 33.3 Å². The van der Waals surface area contributed by atoms with Crippen LogP contribution in [0.15, 0.2) is 75.9 Å². The monoisotopic (exact) mass is 306 g/mol. The van der Waals surface area contributed by atoms with E-state index in [0.717, 1.165) is 27.3 Å². The molecule has 0 bridgehead atoms. The molecule has 0 aliphatic heterocycles. The van der Waals surface area contributed by atoms with Crippen molar-refractivity contribution in [1.82, 2.24) is 0 Å². The summed E-state index contributed by atoms with van der Waals surface area (Å²) in [6.45, 7) is 0. The molecule has 1 heterocycles. The van der Waals surface area contributed by atoms with Crippen molar-refractivity contribution in [3.63, 3.8) is 0 Å². The summed E-state index contributed by atoms with van der Waals surface area (Å²) in [7, 11) is 0. The number of rotatable bonds is 1. The van der Waals surface area contributed by atoms with Gasteiger partial charge in [0.1, 0.15) is 10.6 Å². The average molecular weight is 307 g/mol. The maximum absolute atomic E-state index is 12.1. The highest BCUT2D eigenvalue weighted by Gasteiger charge is 2.16. The second kappa shape index (κ2) is 5.00. The van der Waals surface area contributed by atoms with Gasteiger partial charge in [-0.2, -0.15) is 0 Å². The van der Waals surface area contributed by atoms with Crippen molar-refractivity contribution < 1.29 is 4.42 Å². The first-order valence-corrected chi connectivity index (χ1v) is 7.33. The summed E-state index contributed by atoms with van der Waals surface area (Å²) in [5.41, 5.74) is 1.67. The Balaban J connectivity index is 2.29. The van der Waals surface area contributed by atoms with Gasteiger partial charge in [-0.25, -0.2) is 4.79 Å². The summed E-state index contributed by atoms with van der Waals surface area (Å²) in [5, 5.41) is 3.09. The molecule has 3 heteroatoms. The fourth-order valence-electron chi connectivity index (χ4n) is 2.83. The van der Waals surface area contributed by atoms with Gasteiger partial charge in [-0.15, -0.1) is 0 Å². The van der Waals surface area contributed by atoms with Gasteiger partial charge in [0, 0.05) is 10.9 Å². The van der Waals surface area contributed by atoms with E-state index in [-0.39, 0.29) is 5.02 Å². The molecule has 0 unspecified atom stereocenters. The van der Waals surface area contributed by atoms with Gasteiger partial charge < -0.3 is 4.42 Å². The van der Waals surface area contributed by atoms with Crippen LogP contribution in [0.5, 0.6) is 0 Å². The van der Waals surface area contributed by atoms with Gasteiger partial charge in [0.25, 0.3) is 0 Å². The Labute approximate surface area is 131 Å². The van der Waals surface area contributed by atoms with Gasteiger partial charge in [-0.05, 0) is 22.4 Å². The van der Waals surface area contributed by atoms with Crippen LogP contribution in [-0.2, 0) is 0 Å². The molecule has 0 aliphatic rings. The lowest BCUT2D eigenvalue weighted by atomic mass is 9.97. The van der Waals surface area contributed by atoms with E-state index in [1.54, 1.807) is 0 Å². The van der Waals surface area contributed by atoms with Crippen molar-refractivity contribution in [3.05, 3.63) is 82.2 Å². The summed E-state index contributed by atoms with van der Waals surface area (Å²) >= 11 is 6.30. The fraction of sp³-hybridized carbons (Fsp3) is 0. The first kappa shape index (κ1) is 13.1. The second-order valence-electron chi connectivity index (χ2n) is 5.10. The molecule has 0 N–H and O–H groups in total. The van der Waals surface area contributed by atoms with E-state index >= 15 is 0 Å². The van der Waals surface area contributed by atoms with E-state index < -0.39 is 5.63 Å². The molecule has 2 nitrogen and oxygen atoms in total. The van der Waals surface area contributed by atoms with Crippen LogP contribution in [0.2, 0.25) is 5.02 Å². The van der Waals surface area contributed by atoms with E-state index in [9.17, 15) is 4.79 Å². The van der Waals surface area contributed by atoms with Crippen LogP contribution in [0.3, 0.4) is 0 Å². The standard InChI is InChI=1S/C19H11ClO2/c20-18-16(13-7-2-1-3-8-13)17-14-9-5-4-6-12(14)10-11-15(17)22-19(18)21/h1-11H. The minimum atomic E-state index is -0.511. The maximum atomic E-state index is 12.1. The summed E-state index contributed by atoms with van der Waals surface area (Å²) in [6, 6.07) is 21.4. The number of benzene rings is 3. The van der Waals surface area contributed by atoms with Gasteiger partial charge in [0.05, 0.1) is 0 Å². The predicted molar refractivity (Wildman–Crippen MR) is 90.4 cm³/mol. The highest BCUT2D eigenvalue weighted by atomic mass is 35.5. The Hall–Kier alpha value is -2.58. The zero-order valence-corrected chi connectivity index (χ0v) is 12.3. The lowest BCUT2D eigenvalue weighted by Crippen LogP contribution is -2.02. The summed E-state index contributed by atoms with van der Waals surface area (Å²) in [6.07, 6.45) is 0. The Morgan fingerprint density at radius 3 is 2.36 bits per heavy atom. The zero-order valence-electron chi connectivity index (χ0n) is 11.5. The van der Waals surface area contributed by atoms with Gasteiger partial charge in [-0.3, -0.25) is 0 Å². The van der Waals surface area contributed by atoms with Crippen molar-refractivity contribution in [1.29, 1.82) is 0 Å². The van der Waals surface area contributed by atoms with Crippen LogP contribution in [-0.4, -0.2) is 0 Å². The van der Waals surface area contributed by atoms with Crippen LogP contribution in [0.1, 0.15) is 0 Å². The summed E-state index contributed by atoms with van der Waals surface area (Å²) in [4.78, 5) is 12.1. The third-order valence-corrected chi connectivity index (χ3v) is 4.15. The number of halogens is 1. The second-order valence-corrected chi connectivity index (χ2v) is 5.48. The van der Waals surface area contributed by atoms with Gasteiger partial charge >= 0.3 is 5.63 Å². The normalized spacial score (nSPS) is 11.1. The van der Waals surface area contributed by atoms with E-state index in [0.29, 0.717) is 5.58 Å². The molecule has 0 saturated heterocycles. The quantitative estimate of drug-likeness (QED) is 0.354. The van der Waals surface area contributed by atoms with Crippen molar-refractivity contribution in [3.8, 4) is 11.1 Å². The highest BCUT2D eigenvalue weighted by Crippen LogP contribution is 2.37. The molecule has 4 rings (SSSR count). The third kappa shape index (κ3) is 1.92. The molecular weight excluding hydrogens is 296 g/mol. The van der Waals surface area contributed by atoms with Gasteiger partial charge in [0.2, 0.25) is 0 Å². The molecule has 1 aromatic heterocycles. The lowest BCUT2D eigenvalue weighted by molar-refractivity contribution is 0.562. The van der Waals surface area contributed by atoms with Crippen LogP contribution in [0.4, 0.5) is 0 Å². The molecule has 0 amide bonds. The van der Waals surface area contributed by atoms with Crippen molar-refractivity contribution in [2.45, 2.75) is 0 Å². The Kier molecular flexibility index (Phi) is 2.98. The molecule has 0 fully saturated rings. The van der Waals surface area contributed by atoms with Crippen molar-refractivity contribution in [2.75, 3.05) is 0 Å². The Morgan fingerprint density at radius 1 is 0.818 bits per heavy atom. The Morgan fingerprint density at radius 2 is 1.55 bits per heavy atom. The smallest absolute Gasteiger partial charge is 0.355 e. The van der Waals surface area contributed by atoms with Gasteiger partial charge in [-0.1, -0.05) is 72.3 Å². The molecule has 3 aromatic carbocycles. The molecule has 0 atom stereocenters. The molecule has 22 heavy (non-hydrogen) atoms. The van der Waals surface area contributed by atoms with Crippen LogP contribution in [0, 0.1) is 0 Å². The molecule has 0 spiro atoms. The summed E-state index contributed by atoms with van der Waals surface area (Å²) in [5.74, 6) is 0. The molecule has 0 radical (unpaired) electrons. The van der Waals surface area contributed by atoms with Crippen molar-refractivity contribution in [2.24, 2.45) is 0 Å². The predicted octanol–water partition coefficient (Wildman–Crippen LogP) is 5.27. The Bertz CT molecular complexity index is 1050. The lowest BCUT2D eigenvalue weighted by Gasteiger charge is -2.10. The van der Waals surface area contributed by atoms with E-state index in [1.165, 1.54) is 0 Å². The molecule has 106 valence electrons. The first-order valence-electron chi connectivity index (χ1n) is 6.95. The number of hydrogen-bond donors (Lipinski definition) is 0. The topological polar surface area (TPSA) is 30.2 Å². The maximum Gasteiger partial charge on any atom is 0.355 e. The van der Waals surface area contributed by atoms with Crippen LogP contribution >= 0.6 is 11.6 Å². The van der Waals surface area contributed by atoms with Gasteiger partial charge in [0.15, 0.2) is 0 Å². The first-order chi connectivity index (χ1) is 10.8. The zero-order chi connectivity index (χ0) is 15.1. The highest BCUT2D eigenvalue weighted by molar-refractivity contribution is 6.35. The van der Waals surface area contributed by atoms with E-state index in [4.69, 9.17) is 16.0 Å². The summed E-state index contributed by atoms with van der Waals surface area (Å²) < 4.78 is 5.38. The molecular formula is C19H11ClO2. The third-order valence-electron chi connectivity index (χ3n) is 3.80.